The third kappa shape index (κ3) is 3.36. The van der Waals surface area contributed by atoms with Crippen molar-refractivity contribution in [1.82, 2.24) is 4.90 Å². The molecule has 0 aromatic heterocycles. The number of rotatable bonds is 6. The summed E-state index contributed by atoms with van der Waals surface area (Å²) in [5, 5.41) is 2.76. The number of amides is 3. The number of likely N-dealkylation sites (tertiary alicyclic amines) is 1. The van der Waals surface area contributed by atoms with Gasteiger partial charge in [0, 0.05) is 18.7 Å². The number of esters is 1. The molecule has 6 rings (SSSR count). The van der Waals surface area contributed by atoms with Gasteiger partial charge in [-0.15, -0.1) is 0 Å². The average Bonchev–Trinajstić information content (AvgIpc) is 3.51. The summed E-state index contributed by atoms with van der Waals surface area (Å²) in [7, 11) is 0. The van der Waals surface area contributed by atoms with E-state index in [0.29, 0.717) is 23.1 Å². The van der Waals surface area contributed by atoms with Crippen molar-refractivity contribution < 1.29 is 23.9 Å². The number of carbonyl (C=O) groups excluding carboxylic acids is 4. The van der Waals surface area contributed by atoms with E-state index in [1.165, 1.54) is 4.90 Å². The number of nitrogens with zero attached hydrogens (tertiary/aromatic N) is 1. The van der Waals surface area contributed by atoms with Gasteiger partial charge in [-0.05, 0) is 68.2 Å². The fraction of sp³-hybridized carbons (Fsp3) is 0.500. The Kier molecular flexibility index (Phi) is 4.72. The topological polar surface area (TPSA) is 92.8 Å². The van der Waals surface area contributed by atoms with Crippen LogP contribution in [0.15, 0.2) is 36.4 Å². The standard InChI is InChI=1S/C24H26N2O5/c1-12(2)31-24(30)13-3-5-14(6-4-13)25-19(27)9-10-26-22(28)20-15-7-8-16(18-11-17(15)18)21(20)23(26)29/h3-8,12,15-18,20-21H,9-11H2,1-2H3,(H,25,27). The summed E-state index contributed by atoms with van der Waals surface area (Å²) >= 11 is 0. The van der Waals surface area contributed by atoms with E-state index < -0.39 is 5.97 Å². The number of benzene rings is 1. The average molecular weight is 422 g/mol. The van der Waals surface area contributed by atoms with Crippen molar-refractivity contribution in [1.29, 1.82) is 0 Å². The molecule has 2 saturated carbocycles. The molecule has 2 bridgehead atoms. The van der Waals surface area contributed by atoms with Gasteiger partial charge in [-0.1, -0.05) is 12.2 Å². The summed E-state index contributed by atoms with van der Waals surface area (Å²) in [5.74, 6) is 0.140. The molecule has 6 unspecified atom stereocenters. The predicted molar refractivity (Wildman–Crippen MR) is 112 cm³/mol. The molecule has 162 valence electrons. The van der Waals surface area contributed by atoms with Crippen LogP contribution in [0.3, 0.4) is 0 Å². The molecule has 1 aromatic rings. The van der Waals surface area contributed by atoms with E-state index in [-0.39, 0.29) is 60.5 Å². The fourth-order valence-electron chi connectivity index (χ4n) is 5.65. The first kappa shape index (κ1) is 20.0. The van der Waals surface area contributed by atoms with Gasteiger partial charge in [-0.3, -0.25) is 19.3 Å². The lowest BCUT2D eigenvalue weighted by atomic mass is 9.63. The first-order chi connectivity index (χ1) is 14.8. The molecule has 0 radical (unpaired) electrons. The summed E-state index contributed by atoms with van der Waals surface area (Å²) in [6, 6.07) is 6.44. The number of anilines is 1. The van der Waals surface area contributed by atoms with E-state index in [1.807, 2.05) is 0 Å². The fourth-order valence-corrected chi connectivity index (χ4v) is 5.65. The van der Waals surface area contributed by atoms with E-state index in [1.54, 1.807) is 38.1 Å². The first-order valence-electron chi connectivity index (χ1n) is 11.0. The number of hydrogen-bond donors (Lipinski definition) is 1. The molecule has 1 saturated heterocycles. The molecule has 31 heavy (non-hydrogen) atoms. The smallest absolute Gasteiger partial charge is 0.338 e. The molecule has 6 atom stereocenters. The van der Waals surface area contributed by atoms with Gasteiger partial charge in [0.2, 0.25) is 17.7 Å². The van der Waals surface area contributed by atoms with Gasteiger partial charge in [-0.2, -0.15) is 0 Å². The minimum Gasteiger partial charge on any atom is -0.459 e. The maximum absolute atomic E-state index is 12.9. The lowest BCUT2D eigenvalue weighted by Crippen LogP contribution is -2.40. The number of nitrogens with one attached hydrogen (secondary N) is 1. The van der Waals surface area contributed by atoms with E-state index in [0.717, 1.165) is 6.42 Å². The predicted octanol–water partition coefficient (Wildman–Crippen LogP) is 2.63. The quantitative estimate of drug-likeness (QED) is 0.432. The second-order valence-electron chi connectivity index (χ2n) is 9.31. The van der Waals surface area contributed by atoms with E-state index >= 15 is 0 Å². The molecule has 1 N–H and O–H groups in total. The van der Waals surface area contributed by atoms with Gasteiger partial charge >= 0.3 is 5.97 Å². The molecular formula is C24H26N2O5. The summed E-state index contributed by atoms with van der Waals surface area (Å²) in [4.78, 5) is 51.5. The molecule has 7 heteroatoms. The van der Waals surface area contributed by atoms with Crippen molar-refractivity contribution in [2.45, 2.75) is 32.8 Å². The zero-order valence-corrected chi connectivity index (χ0v) is 17.6. The molecule has 1 aliphatic heterocycles. The van der Waals surface area contributed by atoms with E-state index in [4.69, 9.17) is 4.74 Å². The van der Waals surface area contributed by atoms with E-state index in [2.05, 4.69) is 17.5 Å². The van der Waals surface area contributed by atoms with Gasteiger partial charge in [-0.25, -0.2) is 4.79 Å². The third-order valence-electron chi connectivity index (χ3n) is 7.06. The Bertz CT molecular complexity index is 946. The number of ether oxygens (including phenoxy) is 1. The molecule has 3 amide bonds. The highest BCUT2D eigenvalue weighted by atomic mass is 16.5. The van der Waals surface area contributed by atoms with Crippen molar-refractivity contribution >= 4 is 29.4 Å². The Labute approximate surface area is 180 Å². The number of allylic oxidation sites excluding steroid dienone is 2. The van der Waals surface area contributed by atoms with Crippen molar-refractivity contribution in [3.8, 4) is 0 Å². The molecular weight excluding hydrogens is 396 g/mol. The largest absolute Gasteiger partial charge is 0.459 e. The maximum Gasteiger partial charge on any atom is 0.338 e. The van der Waals surface area contributed by atoms with Gasteiger partial charge in [0.25, 0.3) is 0 Å². The number of imide groups is 1. The summed E-state index contributed by atoms with van der Waals surface area (Å²) in [5.41, 5.74) is 0.949. The van der Waals surface area contributed by atoms with Crippen LogP contribution in [0.5, 0.6) is 0 Å². The monoisotopic (exact) mass is 422 g/mol. The molecule has 1 aromatic carbocycles. The molecule has 1 heterocycles. The summed E-state index contributed by atoms with van der Waals surface area (Å²) in [6.45, 7) is 3.66. The van der Waals surface area contributed by atoms with E-state index in [9.17, 15) is 19.2 Å². The van der Waals surface area contributed by atoms with Gasteiger partial charge < -0.3 is 10.1 Å². The van der Waals surface area contributed by atoms with Gasteiger partial charge in [0.1, 0.15) is 0 Å². The maximum atomic E-state index is 12.9. The summed E-state index contributed by atoms with van der Waals surface area (Å²) in [6.07, 6.45) is 5.25. The Hall–Kier alpha value is -2.96. The zero-order chi connectivity index (χ0) is 21.9. The van der Waals surface area contributed by atoms with Crippen LogP contribution < -0.4 is 5.32 Å². The Morgan fingerprint density at radius 2 is 1.61 bits per heavy atom. The van der Waals surface area contributed by atoms with Crippen LogP contribution in [0.2, 0.25) is 0 Å². The van der Waals surface area contributed by atoms with Gasteiger partial charge in [0.15, 0.2) is 0 Å². The normalized spacial score (nSPS) is 32.2. The summed E-state index contributed by atoms with van der Waals surface area (Å²) < 4.78 is 5.14. The highest BCUT2D eigenvalue weighted by Crippen LogP contribution is 2.65. The molecule has 3 fully saturated rings. The highest BCUT2D eigenvalue weighted by Gasteiger charge is 2.66. The molecule has 4 aliphatic carbocycles. The van der Waals surface area contributed by atoms with Crippen molar-refractivity contribution in [3.63, 3.8) is 0 Å². The lowest BCUT2D eigenvalue weighted by Gasteiger charge is -2.37. The lowest BCUT2D eigenvalue weighted by molar-refractivity contribution is -0.140. The Balaban J connectivity index is 1.17. The molecule has 0 spiro atoms. The zero-order valence-electron chi connectivity index (χ0n) is 17.6. The molecule has 5 aliphatic rings. The minimum absolute atomic E-state index is 0.0453. The molecule has 7 nitrogen and oxygen atoms in total. The second kappa shape index (κ2) is 7.32. The van der Waals surface area contributed by atoms with Crippen LogP contribution in [0.1, 0.15) is 37.0 Å². The van der Waals surface area contributed by atoms with Crippen molar-refractivity contribution in [3.05, 3.63) is 42.0 Å². The van der Waals surface area contributed by atoms with Crippen molar-refractivity contribution in [2.24, 2.45) is 35.5 Å². The highest BCUT2D eigenvalue weighted by molar-refractivity contribution is 6.06. The Morgan fingerprint density at radius 3 is 2.16 bits per heavy atom. The minimum atomic E-state index is -0.415. The SMILES string of the molecule is CC(C)OC(=O)c1ccc(NC(=O)CCN2C(=O)C3C4C=CC(C5CC45)C3C2=O)cc1. The van der Waals surface area contributed by atoms with Crippen LogP contribution in [-0.2, 0) is 19.1 Å². The van der Waals surface area contributed by atoms with Crippen LogP contribution in [-0.4, -0.2) is 41.2 Å². The number of hydrogen-bond acceptors (Lipinski definition) is 5. The Morgan fingerprint density at radius 1 is 1.03 bits per heavy atom. The van der Waals surface area contributed by atoms with Crippen LogP contribution in [0.4, 0.5) is 5.69 Å². The van der Waals surface area contributed by atoms with Gasteiger partial charge in [0.05, 0.1) is 23.5 Å². The van der Waals surface area contributed by atoms with Crippen LogP contribution in [0.25, 0.3) is 0 Å². The number of carbonyl (C=O) groups is 4. The van der Waals surface area contributed by atoms with Crippen molar-refractivity contribution in [2.75, 3.05) is 11.9 Å². The second-order valence-corrected chi connectivity index (χ2v) is 9.31. The first-order valence-corrected chi connectivity index (χ1v) is 11.0. The van der Waals surface area contributed by atoms with Crippen LogP contribution >= 0.6 is 0 Å². The van der Waals surface area contributed by atoms with Crippen LogP contribution in [0, 0.1) is 35.5 Å². The third-order valence-corrected chi connectivity index (χ3v) is 7.06.